The Morgan fingerprint density at radius 2 is 2.07 bits per heavy atom. The van der Waals surface area contributed by atoms with Gasteiger partial charge in [0.1, 0.15) is 24.1 Å². The topological polar surface area (TPSA) is 65.1 Å². The molecule has 1 unspecified atom stereocenters. The van der Waals surface area contributed by atoms with Gasteiger partial charge in [-0.1, -0.05) is 29.8 Å². The number of nitrogens with zero attached hydrogens (tertiary/aromatic N) is 4. The Bertz CT molecular complexity index is 1010. The lowest BCUT2D eigenvalue weighted by molar-refractivity contribution is -0.112. The van der Waals surface area contributed by atoms with Gasteiger partial charge in [-0.3, -0.25) is 4.90 Å². The molecule has 2 aromatic heterocycles. The van der Waals surface area contributed by atoms with Crippen molar-refractivity contribution in [1.29, 1.82) is 0 Å². The second-order valence-corrected chi connectivity index (χ2v) is 8.32. The van der Waals surface area contributed by atoms with E-state index in [2.05, 4.69) is 49.9 Å². The third-order valence-corrected chi connectivity index (χ3v) is 6.22. The van der Waals surface area contributed by atoms with E-state index in [1.807, 2.05) is 18.3 Å². The number of anilines is 1. The molecule has 1 aliphatic carbocycles. The van der Waals surface area contributed by atoms with E-state index in [0.717, 1.165) is 54.9 Å². The normalized spacial score (nSPS) is 20.2. The van der Waals surface area contributed by atoms with E-state index in [1.165, 1.54) is 18.4 Å². The van der Waals surface area contributed by atoms with Crippen LogP contribution in [-0.2, 0) is 4.79 Å². The maximum atomic E-state index is 12.1. The van der Waals surface area contributed by atoms with Gasteiger partial charge >= 0.3 is 0 Å². The van der Waals surface area contributed by atoms with Crippen molar-refractivity contribution in [3.05, 3.63) is 54.0 Å². The van der Waals surface area contributed by atoms with E-state index < -0.39 is 0 Å². The van der Waals surface area contributed by atoms with Gasteiger partial charge < -0.3 is 14.7 Å². The van der Waals surface area contributed by atoms with Crippen LogP contribution in [0.5, 0.6) is 0 Å². The summed E-state index contributed by atoms with van der Waals surface area (Å²) in [5, 5.41) is 1.07. The van der Waals surface area contributed by atoms with Gasteiger partial charge in [-0.05, 0) is 31.4 Å². The summed E-state index contributed by atoms with van der Waals surface area (Å²) in [5.41, 5.74) is 3.42. The van der Waals surface area contributed by atoms with Gasteiger partial charge in [-0.15, -0.1) is 0 Å². The summed E-state index contributed by atoms with van der Waals surface area (Å²) in [5.74, 6) is 0.998. The monoisotopic (exact) mass is 375 g/mol. The number of aromatic nitrogens is 3. The molecule has 2 aliphatic rings. The van der Waals surface area contributed by atoms with Crippen LogP contribution >= 0.6 is 0 Å². The molecule has 3 heterocycles. The van der Waals surface area contributed by atoms with Crippen molar-refractivity contribution in [2.75, 3.05) is 31.1 Å². The number of aromatic amines is 1. The zero-order valence-electron chi connectivity index (χ0n) is 16.1. The van der Waals surface area contributed by atoms with Crippen molar-refractivity contribution in [2.45, 2.75) is 25.8 Å². The van der Waals surface area contributed by atoms with Crippen molar-refractivity contribution in [1.82, 2.24) is 19.9 Å². The minimum Gasteiger partial charge on any atom is -0.354 e. The number of benzene rings is 1. The molecular weight excluding hydrogens is 350 g/mol. The molecular formula is C22H25N5O. The van der Waals surface area contributed by atoms with Crippen molar-refractivity contribution in [3.63, 3.8) is 0 Å². The summed E-state index contributed by atoms with van der Waals surface area (Å²) in [6, 6.07) is 10.2. The number of nitrogens with one attached hydrogen (secondary N) is 1. The van der Waals surface area contributed by atoms with Crippen molar-refractivity contribution in [3.8, 4) is 0 Å². The Morgan fingerprint density at radius 1 is 1.18 bits per heavy atom. The number of H-pyrrole nitrogens is 1. The second kappa shape index (κ2) is 6.71. The largest absolute Gasteiger partial charge is 0.354 e. The van der Waals surface area contributed by atoms with E-state index in [1.54, 1.807) is 6.33 Å². The number of rotatable bonds is 4. The summed E-state index contributed by atoms with van der Waals surface area (Å²) < 4.78 is 0. The first-order valence-corrected chi connectivity index (χ1v) is 9.96. The Hall–Kier alpha value is -2.73. The standard InChI is InChI=1S/C22H25N5O/c1-16-3-2-4-17(11-16)19(12-28)26-9-10-27(14-22(13-26)6-7-22)21-18-5-8-23-20(18)24-15-25-21/h2-5,8,11-12,15,19H,6-7,9-10,13-14H2,1H3,(H,23,24,25). The van der Waals surface area contributed by atoms with Crippen LogP contribution in [0.4, 0.5) is 5.82 Å². The average Bonchev–Trinajstić information content (AvgIpc) is 3.33. The predicted octanol–water partition coefficient (Wildman–Crippen LogP) is 3.11. The SMILES string of the molecule is Cc1cccc(C(C=O)N2CCN(c3ncnc4[nH]ccc34)CC3(CC3)C2)c1. The van der Waals surface area contributed by atoms with Crippen molar-refractivity contribution in [2.24, 2.45) is 5.41 Å². The number of carbonyl (C=O) groups excluding carboxylic acids is 1. The number of aryl methyl sites for hydroxylation is 1. The number of hydrogen-bond donors (Lipinski definition) is 1. The molecule has 0 amide bonds. The summed E-state index contributed by atoms with van der Waals surface area (Å²) in [7, 11) is 0. The zero-order valence-corrected chi connectivity index (χ0v) is 16.1. The van der Waals surface area contributed by atoms with Crippen LogP contribution in [0.15, 0.2) is 42.9 Å². The Labute approximate surface area is 164 Å². The molecule has 0 radical (unpaired) electrons. The second-order valence-electron chi connectivity index (χ2n) is 8.32. The fourth-order valence-electron chi connectivity index (χ4n) is 4.54. The first-order chi connectivity index (χ1) is 13.7. The molecule has 1 saturated heterocycles. The Kier molecular flexibility index (Phi) is 4.16. The number of fused-ring (bicyclic) bond motifs is 1. The molecule has 6 nitrogen and oxygen atoms in total. The molecule has 1 N–H and O–H groups in total. The lowest BCUT2D eigenvalue weighted by Crippen LogP contribution is -2.35. The summed E-state index contributed by atoms with van der Waals surface area (Å²) in [6.45, 7) is 5.72. The van der Waals surface area contributed by atoms with E-state index >= 15 is 0 Å². The molecule has 3 aromatic rings. The molecule has 1 saturated carbocycles. The van der Waals surface area contributed by atoms with Gasteiger partial charge in [0, 0.05) is 37.8 Å². The molecule has 1 atom stereocenters. The highest BCUT2D eigenvalue weighted by Gasteiger charge is 2.48. The molecule has 1 spiro atoms. The fourth-order valence-corrected chi connectivity index (χ4v) is 4.54. The quantitative estimate of drug-likeness (QED) is 0.710. The summed E-state index contributed by atoms with van der Waals surface area (Å²) in [6.07, 6.45) is 7.08. The van der Waals surface area contributed by atoms with E-state index in [9.17, 15) is 4.79 Å². The van der Waals surface area contributed by atoms with E-state index in [0.29, 0.717) is 0 Å². The fraction of sp³-hybridized carbons (Fsp3) is 0.409. The average molecular weight is 375 g/mol. The highest BCUT2D eigenvalue weighted by molar-refractivity contribution is 5.87. The lowest BCUT2D eigenvalue weighted by Gasteiger charge is -2.29. The number of aldehydes is 1. The van der Waals surface area contributed by atoms with Crippen LogP contribution in [-0.4, -0.2) is 52.3 Å². The third kappa shape index (κ3) is 3.07. The molecule has 6 heteroatoms. The molecule has 1 aromatic carbocycles. The van der Waals surface area contributed by atoms with Gasteiger partial charge in [-0.2, -0.15) is 0 Å². The van der Waals surface area contributed by atoms with Crippen LogP contribution in [0.25, 0.3) is 11.0 Å². The number of carbonyl (C=O) groups is 1. The maximum absolute atomic E-state index is 12.1. The molecule has 28 heavy (non-hydrogen) atoms. The highest BCUT2D eigenvalue weighted by atomic mass is 16.1. The third-order valence-electron chi connectivity index (χ3n) is 6.22. The molecule has 0 bridgehead atoms. The molecule has 1 aliphatic heterocycles. The van der Waals surface area contributed by atoms with Crippen molar-refractivity contribution >= 4 is 23.1 Å². The summed E-state index contributed by atoms with van der Waals surface area (Å²) in [4.78, 5) is 28.9. The zero-order chi connectivity index (χ0) is 19.1. The highest BCUT2D eigenvalue weighted by Crippen LogP contribution is 2.49. The lowest BCUT2D eigenvalue weighted by atomic mass is 10.0. The van der Waals surface area contributed by atoms with Crippen LogP contribution in [0.3, 0.4) is 0 Å². The minimum atomic E-state index is -0.185. The smallest absolute Gasteiger partial charge is 0.142 e. The molecule has 5 rings (SSSR count). The van der Waals surface area contributed by atoms with Crippen LogP contribution in [0.1, 0.15) is 30.0 Å². The molecule has 144 valence electrons. The van der Waals surface area contributed by atoms with Gasteiger partial charge in [0.05, 0.1) is 11.4 Å². The number of hydrogen-bond acceptors (Lipinski definition) is 5. The van der Waals surface area contributed by atoms with E-state index in [-0.39, 0.29) is 11.5 Å². The van der Waals surface area contributed by atoms with Gasteiger partial charge in [0.15, 0.2) is 0 Å². The van der Waals surface area contributed by atoms with Crippen LogP contribution in [0.2, 0.25) is 0 Å². The molecule has 2 fully saturated rings. The van der Waals surface area contributed by atoms with Crippen molar-refractivity contribution < 1.29 is 4.79 Å². The maximum Gasteiger partial charge on any atom is 0.142 e. The van der Waals surface area contributed by atoms with Crippen LogP contribution in [0, 0.1) is 12.3 Å². The van der Waals surface area contributed by atoms with Gasteiger partial charge in [0.2, 0.25) is 0 Å². The minimum absolute atomic E-state index is 0.185. The summed E-state index contributed by atoms with van der Waals surface area (Å²) >= 11 is 0. The van der Waals surface area contributed by atoms with E-state index in [4.69, 9.17) is 0 Å². The Balaban J connectivity index is 1.45. The van der Waals surface area contributed by atoms with Gasteiger partial charge in [0.25, 0.3) is 0 Å². The first kappa shape index (κ1) is 17.4. The Morgan fingerprint density at radius 3 is 2.86 bits per heavy atom. The van der Waals surface area contributed by atoms with Crippen LogP contribution < -0.4 is 4.90 Å². The first-order valence-electron chi connectivity index (χ1n) is 9.96. The van der Waals surface area contributed by atoms with Gasteiger partial charge in [-0.25, -0.2) is 9.97 Å². The predicted molar refractivity (Wildman–Crippen MR) is 109 cm³/mol.